The van der Waals surface area contributed by atoms with Crippen LogP contribution in [0.1, 0.15) is 63.8 Å². The molecule has 0 atom stereocenters. The molecule has 31 heavy (non-hydrogen) atoms. The molecular weight excluding hydrogens is 586 g/mol. The summed E-state index contributed by atoms with van der Waals surface area (Å²) >= 11 is 0. The third-order valence-corrected chi connectivity index (χ3v) is 5.02. The Morgan fingerprint density at radius 3 is 1.81 bits per heavy atom. The summed E-state index contributed by atoms with van der Waals surface area (Å²) in [5.41, 5.74) is 8.70. The van der Waals surface area contributed by atoms with Crippen LogP contribution in [0.2, 0.25) is 0 Å². The molecule has 0 heterocycles. The summed E-state index contributed by atoms with van der Waals surface area (Å²) < 4.78 is 0. The van der Waals surface area contributed by atoms with Gasteiger partial charge in [0.25, 0.3) is 0 Å². The first-order valence-corrected chi connectivity index (χ1v) is 10.0. The maximum atomic E-state index is 3.67. The Labute approximate surface area is 221 Å². The number of hydrogen-bond donors (Lipinski definition) is 0. The Kier molecular flexibility index (Phi) is 14.0. The van der Waals surface area contributed by atoms with Crippen LogP contribution in [0.5, 0.6) is 0 Å². The van der Waals surface area contributed by atoms with Gasteiger partial charge in [-0.3, -0.25) is 0 Å². The Morgan fingerprint density at radius 1 is 0.806 bits per heavy atom. The Balaban J connectivity index is 0. The van der Waals surface area contributed by atoms with Crippen molar-refractivity contribution in [2.45, 2.75) is 58.8 Å². The molecule has 0 spiro atoms. The molecule has 0 radical (unpaired) electrons. The summed E-state index contributed by atoms with van der Waals surface area (Å²) in [5.74, 6) is 0. The van der Waals surface area contributed by atoms with Crippen molar-refractivity contribution in [3.63, 3.8) is 0 Å². The molecule has 0 nitrogen and oxygen atoms in total. The second-order valence-corrected chi connectivity index (χ2v) is 9.28. The summed E-state index contributed by atoms with van der Waals surface area (Å²) in [4.78, 5) is 0. The maximum absolute atomic E-state index is 3.67. The maximum Gasteiger partial charge on any atom is 4.00 e. The predicted octanol–water partition coefficient (Wildman–Crippen LogP) is 1.87. The molecule has 3 heteroatoms. The molecule has 1 aliphatic rings. The fourth-order valence-corrected chi connectivity index (χ4v) is 3.35. The molecule has 0 saturated heterocycles. The first-order chi connectivity index (χ1) is 13.2. The van der Waals surface area contributed by atoms with Crippen molar-refractivity contribution in [1.82, 2.24) is 0 Å². The smallest absolute Gasteiger partial charge is 1.00 e. The van der Waals surface area contributed by atoms with Crippen LogP contribution in [0.4, 0.5) is 0 Å². The van der Waals surface area contributed by atoms with Gasteiger partial charge in [-0.05, 0) is 28.4 Å². The van der Waals surface area contributed by atoms with Gasteiger partial charge < -0.3 is 24.8 Å². The molecule has 3 aromatic carbocycles. The van der Waals surface area contributed by atoms with E-state index in [2.05, 4.69) is 91.1 Å². The number of halogens is 2. The van der Waals surface area contributed by atoms with Crippen molar-refractivity contribution in [2.24, 2.45) is 0 Å². The van der Waals surface area contributed by atoms with Crippen molar-refractivity contribution in [2.75, 3.05) is 0 Å². The van der Waals surface area contributed by atoms with E-state index in [0.717, 1.165) is 6.42 Å². The standard InChI is InChI=1S/C21H25.C5H5.C2H4.2ClH.Hf/c1-20(2,3)16-7-9-18-14(12-16)11-15-13-17(21(4,5)6)8-10-19(15)18;1-2-4-5-3-1;1-2;;;/h7-10,12H,11H2,1-6H3;1-5H;1-2H2;2*1H;/q2*-1;;;;+4/p-2. The third-order valence-electron chi connectivity index (χ3n) is 5.02. The van der Waals surface area contributed by atoms with Crippen LogP contribution < -0.4 is 24.8 Å². The van der Waals surface area contributed by atoms with E-state index in [-0.39, 0.29) is 61.5 Å². The molecule has 1 aliphatic carbocycles. The van der Waals surface area contributed by atoms with E-state index in [4.69, 9.17) is 0 Å². The number of hydrogen-bond acceptors (Lipinski definition) is 0. The second-order valence-electron chi connectivity index (χ2n) is 9.28. The van der Waals surface area contributed by atoms with E-state index in [1.165, 1.54) is 33.4 Å². The SMILES string of the molecule is C=C.CC(C)(C)c1[c-]c2c(cc1)-c1ccc(C(C)(C)C)cc1C2.[Cl-].[Cl-].[Hf+4].c1cc[cH-]c1. The minimum Gasteiger partial charge on any atom is -1.00 e. The summed E-state index contributed by atoms with van der Waals surface area (Å²) in [7, 11) is 0. The van der Waals surface area contributed by atoms with E-state index in [0.29, 0.717) is 0 Å². The van der Waals surface area contributed by atoms with Crippen LogP contribution in [0.15, 0.2) is 73.8 Å². The Bertz CT molecular complexity index is 819. The van der Waals surface area contributed by atoms with E-state index < -0.39 is 0 Å². The van der Waals surface area contributed by atoms with Crippen molar-refractivity contribution in [3.05, 3.63) is 102 Å². The minimum absolute atomic E-state index is 0. The van der Waals surface area contributed by atoms with E-state index in [9.17, 15) is 0 Å². The van der Waals surface area contributed by atoms with Gasteiger partial charge in [-0.2, -0.15) is 42.0 Å². The summed E-state index contributed by atoms with van der Waals surface area (Å²) in [5, 5.41) is 0. The van der Waals surface area contributed by atoms with Gasteiger partial charge in [0, 0.05) is 0 Å². The van der Waals surface area contributed by atoms with E-state index in [1.54, 1.807) is 0 Å². The number of fused-ring (bicyclic) bond motifs is 3. The zero-order valence-corrected chi connectivity index (χ0v) is 24.8. The van der Waals surface area contributed by atoms with Gasteiger partial charge in [0.2, 0.25) is 0 Å². The normalized spacial score (nSPS) is 10.9. The molecule has 0 fully saturated rings. The molecule has 0 unspecified atom stereocenters. The molecule has 0 amide bonds. The van der Waals surface area contributed by atoms with Crippen LogP contribution in [0, 0.1) is 6.07 Å². The Hall–Kier alpha value is -1.02. The molecule has 0 N–H and O–H groups in total. The van der Waals surface area contributed by atoms with Crippen molar-refractivity contribution in [3.8, 4) is 11.1 Å². The molecule has 0 aromatic heterocycles. The molecule has 0 saturated carbocycles. The third kappa shape index (κ3) is 8.44. The van der Waals surface area contributed by atoms with Crippen molar-refractivity contribution < 1.29 is 50.7 Å². The van der Waals surface area contributed by atoms with Crippen LogP contribution >= 0.6 is 0 Å². The van der Waals surface area contributed by atoms with E-state index >= 15 is 0 Å². The van der Waals surface area contributed by atoms with Gasteiger partial charge in [-0.15, -0.1) is 24.3 Å². The van der Waals surface area contributed by atoms with Gasteiger partial charge in [0.15, 0.2) is 0 Å². The fourth-order valence-electron chi connectivity index (χ4n) is 3.35. The molecule has 3 aromatic rings. The predicted molar refractivity (Wildman–Crippen MR) is 124 cm³/mol. The molecule has 0 bridgehead atoms. The number of rotatable bonds is 0. The van der Waals surface area contributed by atoms with E-state index in [1.807, 2.05) is 30.3 Å². The first kappa shape index (κ1) is 32.2. The second kappa shape index (κ2) is 13.5. The summed E-state index contributed by atoms with van der Waals surface area (Å²) in [6.45, 7) is 19.6. The van der Waals surface area contributed by atoms with Crippen LogP contribution in [-0.2, 0) is 43.1 Å². The van der Waals surface area contributed by atoms with Crippen LogP contribution in [0.3, 0.4) is 0 Å². The largest absolute Gasteiger partial charge is 4.00 e. The molecule has 4 rings (SSSR count). The average molecular weight is 620 g/mol. The van der Waals surface area contributed by atoms with Gasteiger partial charge in [0.1, 0.15) is 0 Å². The topological polar surface area (TPSA) is 0 Å². The monoisotopic (exact) mass is 620 g/mol. The molecule has 0 aliphatic heterocycles. The van der Waals surface area contributed by atoms with Gasteiger partial charge in [-0.1, -0.05) is 65.3 Å². The molecule has 164 valence electrons. The van der Waals surface area contributed by atoms with Crippen LogP contribution in [-0.4, -0.2) is 0 Å². The number of benzene rings is 2. The van der Waals surface area contributed by atoms with Crippen LogP contribution in [0.25, 0.3) is 11.1 Å². The summed E-state index contributed by atoms with van der Waals surface area (Å²) in [6.07, 6.45) is 1.03. The first-order valence-electron chi connectivity index (χ1n) is 10.0. The zero-order chi connectivity index (χ0) is 20.9. The summed E-state index contributed by atoms with van der Waals surface area (Å²) in [6, 6.07) is 25.2. The van der Waals surface area contributed by atoms with Gasteiger partial charge in [-0.25, -0.2) is 12.1 Å². The van der Waals surface area contributed by atoms with Gasteiger partial charge in [0.05, 0.1) is 0 Å². The van der Waals surface area contributed by atoms with Crippen molar-refractivity contribution >= 4 is 0 Å². The Morgan fingerprint density at radius 2 is 1.35 bits per heavy atom. The minimum atomic E-state index is 0. The quantitative estimate of drug-likeness (QED) is 0.160. The molecular formula is C28H34Cl2Hf. The fraction of sp³-hybridized carbons (Fsp3) is 0.321. The van der Waals surface area contributed by atoms with Crippen molar-refractivity contribution in [1.29, 1.82) is 0 Å². The average Bonchev–Trinajstić information content (AvgIpc) is 3.32. The van der Waals surface area contributed by atoms with Gasteiger partial charge >= 0.3 is 25.8 Å². The zero-order valence-electron chi connectivity index (χ0n) is 19.7.